The monoisotopic (exact) mass is 233 g/mol. The molecule has 1 aromatic carbocycles. The van der Waals surface area contributed by atoms with Crippen molar-refractivity contribution in [2.24, 2.45) is 5.92 Å². The maximum atomic E-state index is 13.0. The van der Waals surface area contributed by atoms with Crippen molar-refractivity contribution >= 4 is 11.6 Å². The van der Waals surface area contributed by atoms with Crippen LogP contribution in [0.1, 0.15) is 13.8 Å². The molecule has 1 aromatic heterocycles. The molecule has 1 heterocycles. The third-order valence-corrected chi connectivity index (χ3v) is 2.36. The number of nitrogens with zero attached hydrogens (tertiary/aromatic N) is 2. The molecule has 17 heavy (non-hydrogen) atoms. The molecular weight excluding hydrogens is 217 g/mol. The molecule has 2 aromatic rings. The standard InChI is InChI=1S/C13H16FN3/c1-10(2)9-17-7-6-15-13(17)16-12-5-3-4-11(14)8-12/h3-8,10H,9H2,1-2H3,(H,15,16). The fourth-order valence-electron chi connectivity index (χ4n) is 1.67. The average molecular weight is 233 g/mol. The molecule has 4 heteroatoms. The molecule has 0 aliphatic heterocycles. The number of nitrogens with one attached hydrogen (secondary N) is 1. The highest BCUT2D eigenvalue weighted by atomic mass is 19.1. The molecule has 0 aliphatic carbocycles. The van der Waals surface area contributed by atoms with Crippen molar-refractivity contribution < 1.29 is 4.39 Å². The quantitative estimate of drug-likeness (QED) is 0.876. The first-order chi connectivity index (χ1) is 8.15. The molecule has 3 nitrogen and oxygen atoms in total. The van der Waals surface area contributed by atoms with Gasteiger partial charge in [0.15, 0.2) is 0 Å². The number of hydrogen-bond acceptors (Lipinski definition) is 2. The summed E-state index contributed by atoms with van der Waals surface area (Å²) in [5, 5.41) is 3.11. The summed E-state index contributed by atoms with van der Waals surface area (Å²) in [5.41, 5.74) is 0.709. The van der Waals surface area contributed by atoms with Gasteiger partial charge in [0.2, 0.25) is 5.95 Å². The van der Waals surface area contributed by atoms with E-state index in [1.807, 2.05) is 16.8 Å². The predicted octanol–water partition coefficient (Wildman–Crippen LogP) is 3.42. The Bertz CT molecular complexity index is 491. The van der Waals surface area contributed by atoms with Crippen molar-refractivity contribution in [3.8, 4) is 0 Å². The number of imidazole rings is 1. The molecule has 0 spiro atoms. The number of benzene rings is 1. The first kappa shape index (κ1) is 11.6. The Hall–Kier alpha value is -1.84. The van der Waals surface area contributed by atoms with E-state index in [2.05, 4.69) is 24.1 Å². The summed E-state index contributed by atoms with van der Waals surface area (Å²) in [7, 11) is 0. The molecule has 0 saturated heterocycles. The fraction of sp³-hybridized carbons (Fsp3) is 0.308. The molecule has 2 rings (SSSR count). The van der Waals surface area contributed by atoms with Gasteiger partial charge in [-0.2, -0.15) is 0 Å². The molecule has 0 amide bonds. The van der Waals surface area contributed by atoms with Crippen molar-refractivity contribution in [3.05, 3.63) is 42.5 Å². The topological polar surface area (TPSA) is 29.9 Å². The lowest BCUT2D eigenvalue weighted by Gasteiger charge is -2.11. The summed E-state index contributed by atoms with van der Waals surface area (Å²) in [6.07, 6.45) is 3.66. The van der Waals surface area contributed by atoms with Crippen LogP contribution in [-0.4, -0.2) is 9.55 Å². The van der Waals surface area contributed by atoms with Crippen molar-refractivity contribution in [3.63, 3.8) is 0 Å². The maximum absolute atomic E-state index is 13.0. The van der Waals surface area contributed by atoms with Crippen LogP contribution in [0.4, 0.5) is 16.0 Å². The summed E-state index contributed by atoms with van der Waals surface area (Å²) in [5.74, 6) is 1.03. The van der Waals surface area contributed by atoms with E-state index in [-0.39, 0.29) is 5.82 Å². The molecule has 0 atom stereocenters. The van der Waals surface area contributed by atoms with Crippen LogP contribution in [0, 0.1) is 11.7 Å². The SMILES string of the molecule is CC(C)Cn1ccnc1Nc1cccc(F)c1. The second-order valence-electron chi connectivity index (χ2n) is 4.43. The molecule has 0 unspecified atom stereocenters. The van der Waals surface area contributed by atoms with Crippen LogP contribution in [0.25, 0.3) is 0 Å². The Labute approximate surface area is 100 Å². The lowest BCUT2D eigenvalue weighted by Crippen LogP contribution is -2.07. The van der Waals surface area contributed by atoms with Crippen LogP contribution in [0.2, 0.25) is 0 Å². The van der Waals surface area contributed by atoms with Crippen molar-refractivity contribution in [2.75, 3.05) is 5.32 Å². The van der Waals surface area contributed by atoms with Gasteiger partial charge in [0.05, 0.1) is 0 Å². The second kappa shape index (κ2) is 4.99. The molecule has 0 radical (unpaired) electrons. The van der Waals surface area contributed by atoms with Crippen molar-refractivity contribution in [2.45, 2.75) is 20.4 Å². The summed E-state index contributed by atoms with van der Waals surface area (Å²) in [6, 6.07) is 6.37. The highest BCUT2D eigenvalue weighted by molar-refractivity contribution is 5.53. The zero-order valence-corrected chi connectivity index (χ0v) is 10.0. The molecular formula is C13H16FN3. The molecule has 0 fully saturated rings. The lowest BCUT2D eigenvalue weighted by molar-refractivity contribution is 0.527. The van der Waals surface area contributed by atoms with Crippen molar-refractivity contribution in [1.82, 2.24) is 9.55 Å². The highest BCUT2D eigenvalue weighted by Gasteiger charge is 2.05. The zero-order chi connectivity index (χ0) is 12.3. The van der Waals surface area contributed by atoms with Crippen LogP contribution in [0.15, 0.2) is 36.7 Å². The van der Waals surface area contributed by atoms with Gasteiger partial charge in [-0.25, -0.2) is 9.37 Å². The third-order valence-electron chi connectivity index (χ3n) is 2.36. The minimum Gasteiger partial charge on any atom is -0.326 e. The van der Waals surface area contributed by atoms with Crippen LogP contribution in [-0.2, 0) is 6.54 Å². The smallest absolute Gasteiger partial charge is 0.207 e. The maximum Gasteiger partial charge on any atom is 0.207 e. The van der Waals surface area contributed by atoms with Crippen LogP contribution in [0.5, 0.6) is 0 Å². The molecule has 0 saturated carbocycles. The van der Waals surface area contributed by atoms with Crippen molar-refractivity contribution in [1.29, 1.82) is 0 Å². The van der Waals surface area contributed by atoms with E-state index >= 15 is 0 Å². The summed E-state index contributed by atoms with van der Waals surface area (Å²) in [6.45, 7) is 5.18. The Balaban J connectivity index is 2.16. The van der Waals surface area contributed by atoms with E-state index in [4.69, 9.17) is 0 Å². The van der Waals surface area contributed by atoms with Gasteiger partial charge in [-0.15, -0.1) is 0 Å². The number of hydrogen-bond donors (Lipinski definition) is 1. The fourth-order valence-corrected chi connectivity index (χ4v) is 1.67. The van der Waals surface area contributed by atoms with Crippen LogP contribution >= 0.6 is 0 Å². The number of halogens is 1. The lowest BCUT2D eigenvalue weighted by atomic mass is 10.2. The zero-order valence-electron chi connectivity index (χ0n) is 10.0. The van der Waals surface area contributed by atoms with Gasteiger partial charge >= 0.3 is 0 Å². The van der Waals surface area contributed by atoms with E-state index < -0.39 is 0 Å². The molecule has 0 aliphatic rings. The van der Waals surface area contributed by atoms with Crippen LogP contribution < -0.4 is 5.32 Å². The normalized spacial score (nSPS) is 10.8. The first-order valence-electron chi connectivity index (χ1n) is 5.69. The average Bonchev–Trinajstić information content (AvgIpc) is 2.65. The summed E-state index contributed by atoms with van der Waals surface area (Å²) in [4.78, 5) is 4.22. The Morgan fingerprint density at radius 3 is 2.94 bits per heavy atom. The Morgan fingerprint density at radius 1 is 1.41 bits per heavy atom. The summed E-state index contributed by atoms with van der Waals surface area (Å²) >= 11 is 0. The van der Waals surface area contributed by atoms with Gasteiger partial charge in [0.25, 0.3) is 0 Å². The molecule has 0 bridgehead atoms. The molecule has 1 N–H and O–H groups in total. The van der Waals surface area contributed by atoms with Crippen LogP contribution in [0.3, 0.4) is 0 Å². The number of rotatable bonds is 4. The van der Waals surface area contributed by atoms with Gasteiger partial charge in [0.1, 0.15) is 5.82 Å². The van der Waals surface area contributed by atoms with Gasteiger partial charge in [-0.3, -0.25) is 0 Å². The first-order valence-corrected chi connectivity index (χ1v) is 5.69. The highest BCUT2D eigenvalue weighted by Crippen LogP contribution is 2.16. The predicted molar refractivity (Wildman–Crippen MR) is 66.7 cm³/mol. The van der Waals surface area contributed by atoms with E-state index in [9.17, 15) is 4.39 Å². The largest absolute Gasteiger partial charge is 0.326 e. The third kappa shape index (κ3) is 3.06. The number of anilines is 2. The summed E-state index contributed by atoms with van der Waals surface area (Å²) < 4.78 is 15.1. The van der Waals surface area contributed by atoms with Gasteiger partial charge in [0, 0.05) is 24.6 Å². The van der Waals surface area contributed by atoms with E-state index in [1.54, 1.807) is 12.3 Å². The number of aromatic nitrogens is 2. The minimum atomic E-state index is -0.253. The molecule has 90 valence electrons. The van der Waals surface area contributed by atoms with Gasteiger partial charge in [-0.05, 0) is 24.1 Å². The van der Waals surface area contributed by atoms with Gasteiger partial charge in [-0.1, -0.05) is 19.9 Å². The second-order valence-corrected chi connectivity index (χ2v) is 4.43. The van der Waals surface area contributed by atoms with E-state index in [0.29, 0.717) is 11.6 Å². The van der Waals surface area contributed by atoms with E-state index in [0.717, 1.165) is 12.5 Å². The van der Waals surface area contributed by atoms with E-state index in [1.165, 1.54) is 12.1 Å². The van der Waals surface area contributed by atoms with Gasteiger partial charge < -0.3 is 9.88 Å². The minimum absolute atomic E-state index is 0.253. The Morgan fingerprint density at radius 2 is 2.24 bits per heavy atom. The Kier molecular flexibility index (Phi) is 3.42.